The Labute approximate surface area is 126 Å². The lowest BCUT2D eigenvalue weighted by Gasteiger charge is -2.12. The van der Waals surface area contributed by atoms with Crippen molar-refractivity contribution in [2.75, 3.05) is 11.9 Å². The van der Waals surface area contributed by atoms with Gasteiger partial charge in [0.05, 0.1) is 17.2 Å². The highest BCUT2D eigenvalue weighted by atomic mass is 16.6. The highest BCUT2D eigenvalue weighted by Gasteiger charge is 2.17. The lowest BCUT2D eigenvalue weighted by molar-refractivity contribution is -0.384. The minimum absolute atomic E-state index is 0.0892. The minimum atomic E-state index is -0.846. The van der Waals surface area contributed by atoms with Crippen molar-refractivity contribution >= 4 is 17.2 Å². The molecule has 1 aromatic carbocycles. The Kier molecular flexibility index (Phi) is 4.52. The summed E-state index contributed by atoms with van der Waals surface area (Å²) in [6.45, 7) is 1.43. The normalized spacial score (nSPS) is 12.0. The Morgan fingerprint density at radius 1 is 1.55 bits per heavy atom. The Bertz CT molecular complexity index is 711. The number of anilines is 1. The van der Waals surface area contributed by atoms with E-state index in [0.717, 1.165) is 0 Å². The topological polar surface area (TPSA) is 110 Å². The van der Waals surface area contributed by atoms with Gasteiger partial charge in [0.1, 0.15) is 5.69 Å². The van der Waals surface area contributed by atoms with Crippen LogP contribution in [-0.4, -0.2) is 32.1 Å². The van der Waals surface area contributed by atoms with Gasteiger partial charge in [-0.05, 0) is 19.1 Å². The highest BCUT2D eigenvalue weighted by molar-refractivity contribution is 5.95. The first-order valence-corrected chi connectivity index (χ1v) is 6.58. The predicted octanol–water partition coefficient (Wildman–Crippen LogP) is 1.68. The van der Waals surface area contributed by atoms with E-state index < -0.39 is 11.0 Å². The Hall–Kier alpha value is -2.74. The lowest BCUT2D eigenvalue weighted by Crippen LogP contribution is -2.13. The molecule has 8 nitrogen and oxygen atoms in total. The van der Waals surface area contributed by atoms with E-state index in [4.69, 9.17) is 0 Å². The molecule has 22 heavy (non-hydrogen) atoms. The molecule has 0 bridgehead atoms. The second-order valence-corrected chi connectivity index (χ2v) is 4.89. The fourth-order valence-electron chi connectivity index (χ4n) is 1.99. The van der Waals surface area contributed by atoms with Crippen LogP contribution < -0.4 is 5.32 Å². The number of aliphatic hydroxyl groups is 1. The number of benzene rings is 1. The molecule has 2 aromatic rings. The van der Waals surface area contributed by atoms with E-state index in [0.29, 0.717) is 5.56 Å². The number of hydrogen-bond donors (Lipinski definition) is 2. The van der Waals surface area contributed by atoms with Gasteiger partial charge in [0.2, 0.25) is 0 Å². The molecule has 0 spiro atoms. The second kappa shape index (κ2) is 6.35. The summed E-state index contributed by atoms with van der Waals surface area (Å²) in [6.07, 6.45) is 2.35. The lowest BCUT2D eigenvalue weighted by atomic mass is 10.1. The van der Waals surface area contributed by atoms with Gasteiger partial charge in [-0.3, -0.25) is 19.6 Å². The molecule has 1 aromatic heterocycles. The van der Waals surface area contributed by atoms with E-state index in [-0.39, 0.29) is 29.3 Å². The molecule has 0 fully saturated rings. The summed E-state index contributed by atoms with van der Waals surface area (Å²) in [6, 6.07) is 4.19. The van der Waals surface area contributed by atoms with Crippen molar-refractivity contribution in [1.29, 1.82) is 0 Å². The molecule has 2 rings (SSSR count). The van der Waals surface area contributed by atoms with Gasteiger partial charge < -0.3 is 10.4 Å². The maximum absolute atomic E-state index is 11.3. The zero-order chi connectivity index (χ0) is 16.3. The average Bonchev–Trinajstić information content (AvgIpc) is 2.91. The number of aliphatic hydroxyl groups excluding tert-OH is 1. The zero-order valence-corrected chi connectivity index (χ0v) is 12.2. The maximum Gasteiger partial charge on any atom is 0.293 e. The fraction of sp³-hybridized carbons (Fsp3) is 0.286. The largest absolute Gasteiger partial charge is 0.386 e. The van der Waals surface area contributed by atoms with Crippen LogP contribution in [0.25, 0.3) is 0 Å². The number of ketones is 1. The Morgan fingerprint density at radius 2 is 2.27 bits per heavy atom. The molecule has 0 aliphatic carbocycles. The summed E-state index contributed by atoms with van der Waals surface area (Å²) in [5.74, 6) is -0.245. The number of rotatable bonds is 6. The summed E-state index contributed by atoms with van der Waals surface area (Å²) in [5, 5.41) is 27.9. The first-order chi connectivity index (χ1) is 10.4. The fourth-order valence-corrected chi connectivity index (χ4v) is 1.99. The van der Waals surface area contributed by atoms with E-state index in [1.807, 2.05) is 0 Å². The number of Topliss-reactive ketones (excluding diaryl/α,β-unsaturated/α-hetero) is 1. The van der Waals surface area contributed by atoms with E-state index in [1.54, 1.807) is 17.9 Å². The summed E-state index contributed by atoms with van der Waals surface area (Å²) >= 11 is 0. The van der Waals surface area contributed by atoms with Crippen molar-refractivity contribution in [1.82, 2.24) is 9.78 Å². The van der Waals surface area contributed by atoms with Crippen molar-refractivity contribution in [3.05, 3.63) is 51.8 Å². The number of nitro benzene ring substituents is 1. The van der Waals surface area contributed by atoms with Crippen LogP contribution in [0.2, 0.25) is 0 Å². The van der Waals surface area contributed by atoms with Gasteiger partial charge in [0.15, 0.2) is 5.78 Å². The number of nitrogens with zero attached hydrogens (tertiary/aromatic N) is 3. The van der Waals surface area contributed by atoms with E-state index in [1.165, 1.54) is 31.3 Å². The average molecular weight is 304 g/mol. The highest BCUT2D eigenvalue weighted by Crippen LogP contribution is 2.26. The molecule has 1 unspecified atom stereocenters. The summed E-state index contributed by atoms with van der Waals surface area (Å²) in [5.41, 5.74) is 0.923. The van der Waals surface area contributed by atoms with Crippen molar-refractivity contribution in [3.8, 4) is 0 Å². The van der Waals surface area contributed by atoms with Crippen molar-refractivity contribution in [3.63, 3.8) is 0 Å². The first-order valence-electron chi connectivity index (χ1n) is 6.58. The van der Waals surface area contributed by atoms with Gasteiger partial charge in [-0.1, -0.05) is 0 Å². The molecule has 1 atom stereocenters. The molecule has 2 N–H and O–H groups in total. The molecule has 0 aliphatic rings. The molecule has 0 radical (unpaired) electrons. The molecule has 1 heterocycles. The van der Waals surface area contributed by atoms with Gasteiger partial charge in [-0.25, -0.2) is 0 Å². The number of nitrogens with one attached hydrogen (secondary N) is 1. The van der Waals surface area contributed by atoms with Gasteiger partial charge >= 0.3 is 0 Å². The van der Waals surface area contributed by atoms with Crippen LogP contribution in [0.5, 0.6) is 0 Å². The quantitative estimate of drug-likeness (QED) is 0.477. The van der Waals surface area contributed by atoms with Crippen molar-refractivity contribution < 1.29 is 14.8 Å². The number of hydrogen-bond acceptors (Lipinski definition) is 6. The molecule has 8 heteroatoms. The number of carbonyl (C=O) groups excluding carboxylic acids is 1. The molecule has 0 amide bonds. The van der Waals surface area contributed by atoms with E-state index >= 15 is 0 Å². The molecule has 116 valence electrons. The SMILES string of the molecule is CC(=O)c1ccc(NCC(O)c2cnn(C)c2)c([N+](=O)[O-])c1. The summed E-state index contributed by atoms with van der Waals surface area (Å²) < 4.78 is 1.56. The monoisotopic (exact) mass is 304 g/mol. The maximum atomic E-state index is 11.3. The second-order valence-electron chi connectivity index (χ2n) is 4.89. The summed E-state index contributed by atoms with van der Waals surface area (Å²) in [7, 11) is 1.73. The van der Waals surface area contributed by atoms with Gasteiger partial charge in [-0.2, -0.15) is 5.10 Å². The third-order valence-corrected chi connectivity index (χ3v) is 3.20. The van der Waals surface area contributed by atoms with Gasteiger partial charge in [0, 0.05) is 37.0 Å². The molecule has 0 saturated carbocycles. The van der Waals surface area contributed by atoms with Crippen molar-refractivity contribution in [2.45, 2.75) is 13.0 Å². The van der Waals surface area contributed by atoms with E-state index in [9.17, 15) is 20.0 Å². The van der Waals surface area contributed by atoms with Crippen molar-refractivity contribution in [2.24, 2.45) is 7.05 Å². The number of aryl methyl sites for hydroxylation is 1. The van der Waals surface area contributed by atoms with Crippen LogP contribution in [-0.2, 0) is 7.05 Å². The van der Waals surface area contributed by atoms with Gasteiger partial charge in [-0.15, -0.1) is 0 Å². The van der Waals surface area contributed by atoms with Crippen LogP contribution in [0.15, 0.2) is 30.6 Å². The van der Waals surface area contributed by atoms with E-state index in [2.05, 4.69) is 10.4 Å². The Morgan fingerprint density at radius 3 is 2.82 bits per heavy atom. The molecule has 0 saturated heterocycles. The molecular formula is C14H16N4O4. The zero-order valence-electron chi connectivity index (χ0n) is 12.2. The third-order valence-electron chi connectivity index (χ3n) is 3.20. The molecule has 0 aliphatic heterocycles. The number of nitro groups is 1. The third kappa shape index (κ3) is 3.47. The first kappa shape index (κ1) is 15.6. The van der Waals surface area contributed by atoms with Crippen LogP contribution in [0.3, 0.4) is 0 Å². The Balaban J connectivity index is 2.15. The van der Waals surface area contributed by atoms with Gasteiger partial charge in [0.25, 0.3) is 5.69 Å². The minimum Gasteiger partial charge on any atom is -0.386 e. The van der Waals surface area contributed by atoms with Crippen LogP contribution in [0, 0.1) is 10.1 Å². The van der Waals surface area contributed by atoms with Crippen LogP contribution in [0.1, 0.15) is 28.9 Å². The molecular weight excluding hydrogens is 288 g/mol. The predicted molar refractivity (Wildman–Crippen MR) is 79.8 cm³/mol. The smallest absolute Gasteiger partial charge is 0.293 e. The standard InChI is InChI=1S/C14H16N4O4/c1-9(19)10-3-4-12(13(5-10)18(21)22)15-7-14(20)11-6-16-17(2)8-11/h3-6,8,14-15,20H,7H2,1-2H3. The van der Waals surface area contributed by atoms with Crippen LogP contribution in [0.4, 0.5) is 11.4 Å². The number of aromatic nitrogens is 2. The summed E-state index contributed by atoms with van der Waals surface area (Å²) in [4.78, 5) is 21.8. The number of carbonyl (C=O) groups is 1. The van der Waals surface area contributed by atoms with Crippen LogP contribution >= 0.6 is 0 Å².